The van der Waals surface area contributed by atoms with Gasteiger partial charge in [0.2, 0.25) is 5.96 Å². The molecular weight excluding hydrogens is 382 g/mol. The number of guanidine groups is 1. The van der Waals surface area contributed by atoms with E-state index in [0.29, 0.717) is 13.2 Å². The maximum atomic E-state index is 5.62. The molecule has 30 heavy (non-hydrogen) atoms. The van der Waals surface area contributed by atoms with Crippen molar-refractivity contribution in [1.82, 2.24) is 26.2 Å². The number of nitrogens with one attached hydrogen (secondary N) is 3. The SMILES string of the molecule is C1=C(C2=CN=C(NCc3ccco3)N3CNN=C23)CCN(NOc2ccccc2)C1. The second-order valence-corrected chi connectivity index (χ2v) is 7.04. The van der Waals surface area contributed by atoms with Gasteiger partial charge in [0.15, 0.2) is 5.84 Å². The van der Waals surface area contributed by atoms with Crippen LogP contribution in [0.2, 0.25) is 0 Å². The molecule has 0 fully saturated rings. The molecule has 0 bridgehead atoms. The van der Waals surface area contributed by atoms with Crippen molar-refractivity contribution in [2.45, 2.75) is 13.0 Å². The molecule has 9 heteroatoms. The molecule has 5 rings (SSSR count). The average Bonchev–Trinajstić information content (AvgIpc) is 3.50. The smallest absolute Gasteiger partial charge is 0.206 e. The van der Waals surface area contributed by atoms with Gasteiger partial charge in [-0.25, -0.2) is 10.0 Å². The molecule has 1 aromatic heterocycles. The number of hydrazone groups is 1. The number of nitrogens with zero attached hydrogens (tertiary/aromatic N) is 4. The van der Waals surface area contributed by atoms with Crippen molar-refractivity contribution in [2.75, 3.05) is 19.8 Å². The van der Waals surface area contributed by atoms with E-state index >= 15 is 0 Å². The van der Waals surface area contributed by atoms with Gasteiger partial charge < -0.3 is 14.6 Å². The second kappa shape index (κ2) is 8.44. The first kappa shape index (κ1) is 18.5. The summed E-state index contributed by atoms with van der Waals surface area (Å²) in [5, 5.41) is 9.84. The Hall–Kier alpha value is -3.56. The lowest BCUT2D eigenvalue weighted by Gasteiger charge is -2.30. The fourth-order valence-corrected chi connectivity index (χ4v) is 3.50. The fourth-order valence-electron chi connectivity index (χ4n) is 3.50. The van der Waals surface area contributed by atoms with E-state index in [0.717, 1.165) is 48.4 Å². The van der Waals surface area contributed by atoms with E-state index in [9.17, 15) is 0 Å². The van der Waals surface area contributed by atoms with Crippen molar-refractivity contribution in [3.63, 3.8) is 0 Å². The normalized spacial score (nSPS) is 18.6. The molecule has 2 aromatic rings. The van der Waals surface area contributed by atoms with Crippen molar-refractivity contribution >= 4 is 11.8 Å². The van der Waals surface area contributed by atoms with Gasteiger partial charge >= 0.3 is 0 Å². The van der Waals surface area contributed by atoms with Crippen LogP contribution in [0.25, 0.3) is 0 Å². The lowest BCUT2D eigenvalue weighted by Crippen LogP contribution is -2.47. The highest BCUT2D eigenvalue weighted by Crippen LogP contribution is 2.25. The summed E-state index contributed by atoms with van der Waals surface area (Å²) in [6, 6.07) is 13.5. The zero-order chi connectivity index (χ0) is 20.2. The Morgan fingerprint density at radius 3 is 2.90 bits per heavy atom. The van der Waals surface area contributed by atoms with Crippen LogP contribution in [0.1, 0.15) is 12.2 Å². The Kier molecular flexibility index (Phi) is 5.19. The van der Waals surface area contributed by atoms with Crippen molar-refractivity contribution in [3.05, 3.63) is 77.9 Å². The monoisotopic (exact) mass is 405 g/mol. The second-order valence-electron chi connectivity index (χ2n) is 7.04. The Morgan fingerprint density at radius 1 is 1.17 bits per heavy atom. The minimum atomic E-state index is 0.573. The molecule has 0 atom stereocenters. The van der Waals surface area contributed by atoms with Gasteiger partial charge in [-0.15, -0.1) is 0 Å². The van der Waals surface area contributed by atoms with Crippen LogP contribution in [0.4, 0.5) is 0 Å². The Balaban J connectivity index is 1.23. The quantitative estimate of drug-likeness (QED) is 0.633. The molecule has 0 amide bonds. The highest BCUT2D eigenvalue weighted by atomic mass is 16.7. The van der Waals surface area contributed by atoms with Crippen LogP contribution in [-0.2, 0) is 6.54 Å². The summed E-state index contributed by atoms with van der Waals surface area (Å²) in [6.45, 7) is 2.71. The molecule has 3 aliphatic heterocycles. The van der Waals surface area contributed by atoms with Crippen LogP contribution >= 0.6 is 0 Å². The number of benzene rings is 1. The Morgan fingerprint density at radius 2 is 2.10 bits per heavy atom. The molecule has 0 radical (unpaired) electrons. The number of amidine groups is 1. The number of furan rings is 1. The number of para-hydroxylation sites is 1. The summed E-state index contributed by atoms with van der Waals surface area (Å²) in [5.41, 5.74) is 8.36. The van der Waals surface area contributed by atoms with E-state index in [2.05, 4.69) is 32.5 Å². The predicted octanol–water partition coefficient (Wildman–Crippen LogP) is 1.93. The van der Waals surface area contributed by atoms with E-state index in [4.69, 9.17) is 9.25 Å². The van der Waals surface area contributed by atoms with Crippen LogP contribution in [-0.4, -0.2) is 41.5 Å². The zero-order valence-corrected chi connectivity index (χ0v) is 16.4. The minimum Gasteiger partial charge on any atom is -0.467 e. The first-order valence-corrected chi connectivity index (χ1v) is 9.91. The van der Waals surface area contributed by atoms with Gasteiger partial charge in [0.25, 0.3) is 0 Å². The molecule has 3 N–H and O–H groups in total. The number of hydrogen-bond donors (Lipinski definition) is 3. The molecule has 9 nitrogen and oxygen atoms in total. The van der Waals surface area contributed by atoms with Gasteiger partial charge in [0.1, 0.15) is 18.2 Å². The highest BCUT2D eigenvalue weighted by Gasteiger charge is 2.30. The van der Waals surface area contributed by atoms with Crippen LogP contribution in [0.3, 0.4) is 0 Å². The minimum absolute atomic E-state index is 0.573. The van der Waals surface area contributed by atoms with Crippen LogP contribution in [0.15, 0.2) is 86.7 Å². The third kappa shape index (κ3) is 3.93. The zero-order valence-electron chi connectivity index (χ0n) is 16.4. The molecule has 0 saturated carbocycles. The van der Waals surface area contributed by atoms with E-state index < -0.39 is 0 Å². The van der Waals surface area contributed by atoms with Gasteiger partial charge in [-0.3, -0.25) is 10.3 Å². The van der Waals surface area contributed by atoms with E-state index in [1.165, 1.54) is 5.57 Å². The number of fused-ring (bicyclic) bond motifs is 1. The Bertz CT molecular complexity index is 996. The summed E-state index contributed by atoms with van der Waals surface area (Å²) in [4.78, 5) is 12.3. The topological polar surface area (TPSA) is 89.7 Å². The third-order valence-corrected chi connectivity index (χ3v) is 5.07. The highest BCUT2D eigenvalue weighted by molar-refractivity contribution is 6.13. The number of rotatable bonds is 6. The first-order valence-electron chi connectivity index (χ1n) is 9.91. The van der Waals surface area contributed by atoms with Gasteiger partial charge in [-0.1, -0.05) is 29.9 Å². The maximum Gasteiger partial charge on any atom is 0.206 e. The van der Waals surface area contributed by atoms with Crippen molar-refractivity contribution in [3.8, 4) is 5.75 Å². The number of hydrazine groups is 1. The largest absolute Gasteiger partial charge is 0.467 e. The maximum absolute atomic E-state index is 5.62. The summed E-state index contributed by atoms with van der Waals surface area (Å²) in [6.07, 6.45) is 6.61. The summed E-state index contributed by atoms with van der Waals surface area (Å²) in [5.74, 6) is 3.29. The third-order valence-electron chi connectivity index (χ3n) is 5.07. The van der Waals surface area contributed by atoms with Gasteiger partial charge in [-0.2, -0.15) is 5.10 Å². The van der Waals surface area contributed by atoms with E-state index in [1.54, 1.807) is 6.26 Å². The molecule has 0 aliphatic carbocycles. The lowest BCUT2D eigenvalue weighted by molar-refractivity contribution is 0.00953. The summed E-state index contributed by atoms with van der Waals surface area (Å²) in [7, 11) is 0. The molecule has 1 aromatic carbocycles. The number of aliphatic imine (C=N–C) groups is 1. The molecular formula is C21H23N7O2. The molecule has 0 unspecified atom stereocenters. The molecule has 0 spiro atoms. The Labute approximate surface area is 174 Å². The molecule has 4 heterocycles. The molecule has 3 aliphatic rings. The average molecular weight is 405 g/mol. The predicted molar refractivity (Wildman–Crippen MR) is 113 cm³/mol. The first-order chi connectivity index (χ1) is 14.9. The number of hydrogen-bond acceptors (Lipinski definition) is 9. The fraction of sp³-hybridized carbons (Fsp3) is 0.238. The standard InChI is InChI=1S/C21H23N7O2/c1-2-5-17(6-3-1)30-26-27-10-8-16(9-11-27)19-14-23-21(28-15-24-25-20(19)28)22-13-18-7-4-12-29-18/h1-8,12,14,24,26H,9-11,13,15H2,(H,22,23). The summed E-state index contributed by atoms with van der Waals surface area (Å²) < 4.78 is 5.38. The van der Waals surface area contributed by atoms with Crippen LogP contribution in [0, 0.1) is 0 Å². The van der Waals surface area contributed by atoms with Gasteiger partial charge in [-0.05, 0) is 36.3 Å². The van der Waals surface area contributed by atoms with Gasteiger partial charge in [0, 0.05) is 24.9 Å². The van der Waals surface area contributed by atoms with Crippen molar-refractivity contribution in [1.29, 1.82) is 0 Å². The molecule has 0 saturated heterocycles. The summed E-state index contributed by atoms with van der Waals surface area (Å²) >= 11 is 0. The lowest BCUT2D eigenvalue weighted by atomic mass is 9.99. The van der Waals surface area contributed by atoms with Crippen LogP contribution < -0.4 is 21.2 Å². The molecule has 154 valence electrons. The van der Waals surface area contributed by atoms with Crippen LogP contribution in [0.5, 0.6) is 5.75 Å². The van der Waals surface area contributed by atoms with Crippen molar-refractivity contribution < 1.29 is 9.25 Å². The van der Waals surface area contributed by atoms with E-state index in [-0.39, 0.29) is 0 Å². The van der Waals surface area contributed by atoms with Gasteiger partial charge in [0.05, 0.1) is 12.8 Å². The van der Waals surface area contributed by atoms with Crippen molar-refractivity contribution in [2.24, 2.45) is 10.1 Å². The van der Waals surface area contributed by atoms with E-state index in [1.807, 2.05) is 58.6 Å².